The zero-order valence-corrected chi connectivity index (χ0v) is 19.8. The van der Waals surface area contributed by atoms with Gasteiger partial charge in [-0.2, -0.15) is 0 Å². The molecule has 34 heavy (non-hydrogen) atoms. The summed E-state index contributed by atoms with van der Waals surface area (Å²) in [5.74, 6) is -0.0276. The number of ether oxygens (including phenoxy) is 1. The molecule has 0 amide bonds. The van der Waals surface area contributed by atoms with Gasteiger partial charge < -0.3 is 14.9 Å². The highest BCUT2D eigenvalue weighted by Crippen LogP contribution is 2.50. The standard InChI is InChI=1S/C26H21ClNO5P/c27-21-12-7-13-22(28(31)32)25(21)24-20(26(30,34)18-10-5-2-6-11-18)14-19(29)15-23(24)33-16-17-8-3-1-4-9-17/h1-15,29-30H,16,34H2. The van der Waals surface area contributed by atoms with Gasteiger partial charge >= 0.3 is 0 Å². The van der Waals surface area contributed by atoms with E-state index in [1.54, 1.807) is 30.3 Å². The van der Waals surface area contributed by atoms with Gasteiger partial charge in [0.1, 0.15) is 23.4 Å². The third kappa shape index (κ3) is 4.75. The van der Waals surface area contributed by atoms with Gasteiger partial charge in [-0.1, -0.05) is 87.6 Å². The molecule has 172 valence electrons. The molecule has 2 unspecified atom stereocenters. The van der Waals surface area contributed by atoms with Crippen molar-refractivity contribution in [2.75, 3.05) is 0 Å². The molecule has 2 N–H and O–H groups in total. The lowest BCUT2D eigenvalue weighted by Crippen LogP contribution is -2.20. The van der Waals surface area contributed by atoms with Crippen molar-refractivity contribution in [3.63, 3.8) is 0 Å². The van der Waals surface area contributed by atoms with E-state index < -0.39 is 10.3 Å². The molecule has 0 fully saturated rings. The van der Waals surface area contributed by atoms with Gasteiger partial charge in [0, 0.05) is 23.3 Å². The second-order valence-electron chi connectivity index (χ2n) is 7.66. The Balaban J connectivity index is 1.99. The van der Waals surface area contributed by atoms with Gasteiger partial charge in [-0.15, -0.1) is 0 Å². The number of benzene rings is 4. The van der Waals surface area contributed by atoms with E-state index in [2.05, 4.69) is 9.24 Å². The summed E-state index contributed by atoms with van der Waals surface area (Å²) in [5.41, 5.74) is 1.59. The fourth-order valence-corrected chi connectivity index (χ4v) is 4.45. The molecule has 0 spiro atoms. The molecule has 0 saturated heterocycles. The minimum atomic E-state index is -1.72. The number of phenolic OH excluding ortho intramolecular Hbond substituents is 1. The van der Waals surface area contributed by atoms with Gasteiger partial charge in [0.25, 0.3) is 5.69 Å². The quantitative estimate of drug-likeness (QED) is 0.180. The first-order valence-corrected chi connectivity index (χ1v) is 11.3. The highest BCUT2D eigenvalue weighted by Gasteiger charge is 2.35. The fraction of sp³-hybridized carbons (Fsp3) is 0.0769. The van der Waals surface area contributed by atoms with E-state index >= 15 is 0 Å². The number of halogens is 1. The van der Waals surface area contributed by atoms with Crippen LogP contribution in [0, 0.1) is 10.1 Å². The van der Waals surface area contributed by atoms with Crippen molar-refractivity contribution < 1.29 is 19.9 Å². The topological polar surface area (TPSA) is 92.8 Å². The maximum absolute atomic E-state index is 11.9. The predicted molar refractivity (Wildman–Crippen MR) is 135 cm³/mol. The summed E-state index contributed by atoms with van der Waals surface area (Å²) >= 11 is 6.49. The number of phenols is 1. The Morgan fingerprint density at radius 2 is 1.59 bits per heavy atom. The Kier molecular flexibility index (Phi) is 6.85. The molecule has 0 radical (unpaired) electrons. The number of nitro groups is 1. The van der Waals surface area contributed by atoms with Crippen LogP contribution in [0.1, 0.15) is 16.7 Å². The van der Waals surface area contributed by atoms with Gasteiger partial charge in [-0.05, 0) is 23.3 Å². The molecule has 6 nitrogen and oxygen atoms in total. The zero-order valence-electron chi connectivity index (χ0n) is 17.9. The molecule has 4 aromatic rings. The van der Waals surface area contributed by atoms with Gasteiger partial charge in [-0.25, -0.2) is 0 Å². The summed E-state index contributed by atoms with van der Waals surface area (Å²) < 4.78 is 6.06. The number of aromatic hydroxyl groups is 1. The number of rotatable bonds is 7. The monoisotopic (exact) mass is 493 g/mol. The maximum Gasteiger partial charge on any atom is 0.278 e. The van der Waals surface area contributed by atoms with E-state index in [0.29, 0.717) is 5.56 Å². The van der Waals surface area contributed by atoms with E-state index in [9.17, 15) is 20.3 Å². The van der Waals surface area contributed by atoms with E-state index in [-0.39, 0.29) is 45.5 Å². The largest absolute Gasteiger partial charge is 0.508 e. The number of hydrogen-bond donors (Lipinski definition) is 2. The van der Waals surface area contributed by atoms with Crippen LogP contribution in [0.2, 0.25) is 5.02 Å². The molecule has 0 aliphatic heterocycles. The first-order chi connectivity index (χ1) is 16.3. The molecule has 4 rings (SSSR count). The number of nitrogens with zero attached hydrogens (tertiary/aromatic N) is 1. The molecule has 8 heteroatoms. The summed E-state index contributed by atoms with van der Waals surface area (Å²) in [7, 11) is 2.37. The molecular formula is C26H21ClNO5P. The van der Waals surface area contributed by atoms with Gasteiger partial charge in [0.15, 0.2) is 0 Å². The van der Waals surface area contributed by atoms with Crippen LogP contribution in [-0.4, -0.2) is 15.1 Å². The summed E-state index contributed by atoms with van der Waals surface area (Å²) in [4.78, 5) is 11.4. The Hall–Kier alpha value is -3.44. The lowest BCUT2D eigenvalue weighted by molar-refractivity contribution is -0.384. The van der Waals surface area contributed by atoms with Crippen molar-refractivity contribution in [3.8, 4) is 22.6 Å². The fourth-order valence-electron chi connectivity index (χ4n) is 3.77. The zero-order chi connectivity index (χ0) is 24.3. The van der Waals surface area contributed by atoms with E-state index in [4.69, 9.17) is 16.3 Å². The minimum Gasteiger partial charge on any atom is -0.508 e. The van der Waals surface area contributed by atoms with Crippen molar-refractivity contribution in [1.29, 1.82) is 0 Å². The predicted octanol–water partition coefficient (Wildman–Crippen LogP) is 6.27. The smallest absolute Gasteiger partial charge is 0.278 e. The Morgan fingerprint density at radius 1 is 0.941 bits per heavy atom. The Morgan fingerprint density at radius 3 is 2.24 bits per heavy atom. The maximum atomic E-state index is 11.9. The van der Waals surface area contributed by atoms with E-state index in [0.717, 1.165) is 5.56 Å². The van der Waals surface area contributed by atoms with Crippen LogP contribution in [0.15, 0.2) is 91.0 Å². The second-order valence-corrected chi connectivity index (χ2v) is 8.91. The average Bonchev–Trinajstić information content (AvgIpc) is 2.83. The molecular weight excluding hydrogens is 473 g/mol. The third-order valence-corrected chi connectivity index (χ3v) is 6.35. The summed E-state index contributed by atoms with van der Waals surface area (Å²) in [6.07, 6.45) is 0. The number of nitro benzene ring substituents is 1. The number of hydrogen-bond acceptors (Lipinski definition) is 5. The minimum absolute atomic E-state index is 0.0871. The average molecular weight is 494 g/mol. The van der Waals surface area contributed by atoms with Crippen molar-refractivity contribution in [1.82, 2.24) is 0 Å². The van der Waals surface area contributed by atoms with Crippen LogP contribution in [0.3, 0.4) is 0 Å². The van der Waals surface area contributed by atoms with E-state index in [1.807, 2.05) is 30.3 Å². The molecule has 0 bridgehead atoms. The summed E-state index contributed by atoms with van der Waals surface area (Å²) in [5, 5.41) is 32.5. The Bertz CT molecular complexity index is 1330. The van der Waals surface area contributed by atoms with Crippen molar-refractivity contribution >= 4 is 26.5 Å². The molecule has 0 heterocycles. The first-order valence-electron chi connectivity index (χ1n) is 10.3. The summed E-state index contributed by atoms with van der Waals surface area (Å²) in [6.45, 7) is 0.135. The van der Waals surface area contributed by atoms with E-state index in [1.165, 1.54) is 30.3 Å². The molecule has 0 saturated carbocycles. The SMILES string of the molecule is O=[N+]([O-])c1cccc(Cl)c1-c1c(OCc2ccccc2)cc(O)cc1C(O)(P)c1ccccc1. The second kappa shape index (κ2) is 9.82. The van der Waals surface area contributed by atoms with Crippen LogP contribution in [0.5, 0.6) is 11.5 Å². The van der Waals surface area contributed by atoms with Crippen molar-refractivity contribution in [2.45, 2.75) is 11.9 Å². The normalized spacial score (nSPS) is 12.7. The van der Waals surface area contributed by atoms with Crippen LogP contribution in [-0.2, 0) is 11.9 Å². The lowest BCUT2D eigenvalue weighted by Gasteiger charge is -2.28. The third-order valence-electron chi connectivity index (χ3n) is 5.39. The molecule has 0 aliphatic rings. The van der Waals surface area contributed by atoms with Crippen molar-refractivity contribution in [2.24, 2.45) is 0 Å². The van der Waals surface area contributed by atoms with Crippen LogP contribution >= 0.6 is 20.8 Å². The highest BCUT2D eigenvalue weighted by molar-refractivity contribution is 7.18. The molecule has 2 atom stereocenters. The molecule has 0 aromatic heterocycles. The van der Waals surface area contributed by atoms with Crippen LogP contribution in [0.25, 0.3) is 11.1 Å². The highest BCUT2D eigenvalue weighted by atomic mass is 35.5. The van der Waals surface area contributed by atoms with Crippen LogP contribution in [0.4, 0.5) is 5.69 Å². The Labute approximate surface area is 203 Å². The van der Waals surface area contributed by atoms with Gasteiger partial charge in [-0.3, -0.25) is 10.1 Å². The summed E-state index contributed by atoms with van der Waals surface area (Å²) in [6, 6.07) is 25.2. The van der Waals surface area contributed by atoms with Gasteiger partial charge in [0.2, 0.25) is 0 Å². The number of aliphatic hydroxyl groups is 1. The van der Waals surface area contributed by atoms with Gasteiger partial charge in [0.05, 0.1) is 15.5 Å². The molecule has 0 aliphatic carbocycles. The molecule has 4 aromatic carbocycles. The van der Waals surface area contributed by atoms with Crippen LogP contribution < -0.4 is 4.74 Å². The first kappa shape index (κ1) is 23.7. The van der Waals surface area contributed by atoms with Crippen molar-refractivity contribution in [3.05, 3.63) is 123 Å². The lowest BCUT2D eigenvalue weighted by atomic mass is 9.90.